The average molecular weight is 573 g/mol. The average Bonchev–Trinajstić information content (AvgIpc) is 2.78. The number of anilines is 1. The summed E-state index contributed by atoms with van der Waals surface area (Å²) in [6, 6.07) is 13.1. The first kappa shape index (κ1) is 28.1. The predicted octanol–water partition coefficient (Wildman–Crippen LogP) is 4.59. The van der Waals surface area contributed by atoms with Crippen molar-refractivity contribution in [2.75, 3.05) is 23.7 Å². The second-order valence-corrected chi connectivity index (χ2v) is 11.1. The number of unbranched alkanes of at least 4 members (excludes halogenated alkanes) is 1. The number of hydrogen-bond donors (Lipinski definition) is 1. The Morgan fingerprint density at radius 1 is 1.09 bits per heavy atom. The van der Waals surface area contributed by atoms with Crippen molar-refractivity contribution in [2.45, 2.75) is 45.7 Å². The van der Waals surface area contributed by atoms with Crippen LogP contribution in [0.5, 0.6) is 0 Å². The molecule has 2 aromatic carbocycles. The molecule has 2 aromatic rings. The van der Waals surface area contributed by atoms with E-state index in [1.54, 1.807) is 48.5 Å². The van der Waals surface area contributed by atoms with Crippen LogP contribution in [0.25, 0.3) is 0 Å². The molecule has 0 bridgehead atoms. The summed E-state index contributed by atoms with van der Waals surface area (Å²) in [6.45, 7) is 3.97. The SMILES string of the molecule is CCCCNC(=O)[C@H](CC)N(Cc1ccccc1Cl)C(=O)CN(c1ccccc1Br)S(C)(=O)=O. The summed E-state index contributed by atoms with van der Waals surface area (Å²) in [7, 11) is -3.79. The lowest BCUT2D eigenvalue weighted by Gasteiger charge is -2.33. The Bertz CT molecular complexity index is 1100. The van der Waals surface area contributed by atoms with Gasteiger partial charge in [0.1, 0.15) is 12.6 Å². The zero-order valence-electron chi connectivity index (χ0n) is 19.6. The van der Waals surface area contributed by atoms with Gasteiger partial charge in [0.2, 0.25) is 21.8 Å². The molecule has 0 unspecified atom stereocenters. The van der Waals surface area contributed by atoms with Crippen molar-refractivity contribution in [2.24, 2.45) is 0 Å². The summed E-state index contributed by atoms with van der Waals surface area (Å²) >= 11 is 9.71. The molecule has 0 radical (unpaired) electrons. The molecule has 1 atom stereocenters. The van der Waals surface area contributed by atoms with Crippen LogP contribution in [-0.2, 0) is 26.2 Å². The van der Waals surface area contributed by atoms with E-state index in [1.807, 2.05) is 13.8 Å². The zero-order valence-corrected chi connectivity index (χ0v) is 22.8. The monoisotopic (exact) mass is 571 g/mol. The molecule has 0 spiro atoms. The molecule has 0 fully saturated rings. The van der Waals surface area contributed by atoms with Gasteiger partial charge in [0.15, 0.2) is 0 Å². The molecule has 1 N–H and O–H groups in total. The van der Waals surface area contributed by atoms with E-state index >= 15 is 0 Å². The summed E-state index contributed by atoms with van der Waals surface area (Å²) in [5, 5.41) is 3.35. The molecule has 34 heavy (non-hydrogen) atoms. The molecule has 7 nitrogen and oxygen atoms in total. The minimum Gasteiger partial charge on any atom is -0.354 e. The number of sulfonamides is 1. The van der Waals surface area contributed by atoms with Crippen LogP contribution in [0.2, 0.25) is 5.02 Å². The van der Waals surface area contributed by atoms with E-state index in [0.717, 1.165) is 23.4 Å². The number of carbonyl (C=O) groups is 2. The molecular formula is C24H31BrClN3O4S. The third-order valence-corrected chi connectivity index (χ3v) is 7.48. The molecule has 10 heteroatoms. The minimum absolute atomic E-state index is 0.0752. The van der Waals surface area contributed by atoms with E-state index in [0.29, 0.717) is 33.7 Å². The number of nitrogens with zero attached hydrogens (tertiary/aromatic N) is 2. The number of carbonyl (C=O) groups excluding carboxylic acids is 2. The number of hydrogen-bond acceptors (Lipinski definition) is 4. The Balaban J connectivity index is 2.43. The fraction of sp³-hybridized carbons (Fsp3) is 0.417. The standard InChI is InChI=1S/C24H31BrClN3O4S/c1-4-6-15-27-24(31)21(5-2)28(16-18-11-7-9-13-20(18)26)23(30)17-29(34(3,32)33)22-14-10-8-12-19(22)25/h7-14,21H,4-6,15-17H2,1-3H3,(H,27,31)/t21-/m0/s1. The van der Waals surface area contributed by atoms with Crippen LogP contribution < -0.4 is 9.62 Å². The molecule has 0 saturated heterocycles. The summed E-state index contributed by atoms with van der Waals surface area (Å²) in [5.41, 5.74) is 1.01. The Morgan fingerprint density at radius 2 is 1.74 bits per heavy atom. The van der Waals surface area contributed by atoms with Gasteiger partial charge in [-0.3, -0.25) is 13.9 Å². The normalized spacial score (nSPS) is 12.1. The van der Waals surface area contributed by atoms with Gasteiger partial charge in [-0.2, -0.15) is 0 Å². The van der Waals surface area contributed by atoms with Crippen molar-refractivity contribution < 1.29 is 18.0 Å². The Kier molecular flexibility index (Phi) is 10.9. The van der Waals surface area contributed by atoms with Crippen molar-refractivity contribution >= 4 is 55.1 Å². The third kappa shape index (κ3) is 7.71. The maximum Gasteiger partial charge on any atom is 0.244 e. The van der Waals surface area contributed by atoms with E-state index in [-0.39, 0.29) is 12.5 Å². The highest BCUT2D eigenvalue weighted by atomic mass is 79.9. The van der Waals surface area contributed by atoms with E-state index in [9.17, 15) is 18.0 Å². The van der Waals surface area contributed by atoms with E-state index in [1.165, 1.54) is 4.90 Å². The fourth-order valence-corrected chi connectivity index (χ4v) is 5.16. The zero-order chi connectivity index (χ0) is 25.3. The molecular weight excluding hydrogens is 542 g/mol. The Labute approximate surface area is 215 Å². The highest BCUT2D eigenvalue weighted by Crippen LogP contribution is 2.28. The maximum atomic E-state index is 13.6. The molecule has 0 aromatic heterocycles. The van der Waals surface area contributed by atoms with E-state index in [4.69, 9.17) is 11.6 Å². The molecule has 0 aliphatic heterocycles. The minimum atomic E-state index is -3.79. The molecule has 0 aliphatic rings. The summed E-state index contributed by atoms with van der Waals surface area (Å²) in [5.74, 6) is -0.776. The number of para-hydroxylation sites is 1. The van der Waals surface area contributed by atoms with Crippen molar-refractivity contribution in [1.82, 2.24) is 10.2 Å². The second kappa shape index (κ2) is 13.1. The quantitative estimate of drug-likeness (QED) is 0.377. The van der Waals surface area contributed by atoms with Crippen molar-refractivity contribution in [1.29, 1.82) is 0 Å². The third-order valence-electron chi connectivity index (χ3n) is 5.31. The fourth-order valence-electron chi connectivity index (χ4n) is 3.48. The van der Waals surface area contributed by atoms with Crippen LogP contribution in [0.1, 0.15) is 38.7 Å². The first-order chi connectivity index (χ1) is 16.1. The van der Waals surface area contributed by atoms with Gasteiger partial charge >= 0.3 is 0 Å². The van der Waals surface area contributed by atoms with Crippen LogP contribution in [0.4, 0.5) is 5.69 Å². The lowest BCUT2D eigenvalue weighted by atomic mass is 10.1. The number of halogens is 2. The summed E-state index contributed by atoms with van der Waals surface area (Å²) in [4.78, 5) is 28.0. The van der Waals surface area contributed by atoms with Gasteiger partial charge in [0.05, 0.1) is 11.9 Å². The van der Waals surface area contributed by atoms with Crippen LogP contribution >= 0.6 is 27.5 Å². The maximum absolute atomic E-state index is 13.6. The van der Waals surface area contributed by atoms with Gasteiger partial charge in [-0.05, 0) is 52.5 Å². The molecule has 0 aliphatic carbocycles. The van der Waals surface area contributed by atoms with Gasteiger partial charge in [0.25, 0.3) is 0 Å². The van der Waals surface area contributed by atoms with Gasteiger partial charge in [-0.25, -0.2) is 8.42 Å². The molecule has 186 valence electrons. The highest BCUT2D eigenvalue weighted by Gasteiger charge is 2.32. The first-order valence-electron chi connectivity index (χ1n) is 11.1. The molecule has 0 heterocycles. The van der Waals surface area contributed by atoms with E-state index < -0.39 is 28.5 Å². The Hall–Kier alpha value is -2.10. The molecule has 2 rings (SSSR count). The number of amides is 2. The number of benzene rings is 2. The van der Waals surface area contributed by atoms with Gasteiger partial charge < -0.3 is 10.2 Å². The van der Waals surface area contributed by atoms with Crippen molar-refractivity contribution in [3.8, 4) is 0 Å². The summed E-state index contributed by atoms with van der Waals surface area (Å²) < 4.78 is 26.9. The summed E-state index contributed by atoms with van der Waals surface area (Å²) in [6.07, 6.45) is 3.16. The van der Waals surface area contributed by atoms with Gasteiger partial charge in [-0.15, -0.1) is 0 Å². The first-order valence-corrected chi connectivity index (χ1v) is 14.1. The lowest BCUT2D eigenvalue weighted by molar-refractivity contribution is -0.140. The molecule has 0 saturated carbocycles. The molecule has 2 amide bonds. The predicted molar refractivity (Wildman–Crippen MR) is 140 cm³/mol. The number of rotatable bonds is 12. The smallest absolute Gasteiger partial charge is 0.244 e. The topological polar surface area (TPSA) is 86.8 Å². The number of nitrogens with one attached hydrogen (secondary N) is 1. The largest absolute Gasteiger partial charge is 0.354 e. The van der Waals surface area contributed by atoms with E-state index in [2.05, 4.69) is 21.2 Å². The second-order valence-electron chi connectivity index (χ2n) is 7.90. The van der Waals surface area contributed by atoms with Gasteiger partial charge in [-0.1, -0.05) is 62.2 Å². The van der Waals surface area contributed by atoms with Crippen LogP contribution in [0.15, 0.2) is 53.0 Å². The van der Waals surface area contributed by atoms with Gasteiger partial charge in [0, 0.05) is 22.6 Å². The van der Waals surface area contributed by atoms with Crippen molar-refractivity contribution in [3.63, 3.8) is 0 Å². The van der Waals surface area contributed by atoms with Crippen LogP contribution in [0.3, 0.4) is 0 Å². The Morgan fingerprint density at radius 3 is 2.32 bits per heavy atom. The van der Waals surface area contributed by atoms with Crippen molar-refractivity contribution in [3.05, 3.63) is 63.6 Å². The lowest BCUT2D eigenvalue weighted by Crippen LogP contribution is -2.52. The van der Waals surface area contributed by atoms with Crippen LogP contribution in [-0.4, -0.2) is 50.5 Å². The van der Waals surface area contributed by atoms with Crippen LogP contribution in [0, 0.1) is 0 Å². The highest BCUT2D eigenvalue weighted by molar-refractivity contribution is 9.10.